The summed E-state index contributed by atoms with van der Waals surface area (Å²) in [6, 6.07) is 8.73. The van der Waals surface area contributed by atoms with Gasteiger partial charge in [0.05, 0.1) is 24.3 Å². The van der Waals surface area contributed by atoms with E-state index in [0.717, 1.165) is 18.4 Å². The molecule has 1 atom stereocenters. The van der Waals surface area contributed by atoms with Gasteiger partial charge in [0.2, 0.25) is 17.7 Å². The molecule has 0 spiro atoms. The molecule has 1 N–H and O–H groups in total. The molecule has 3 heterocycles. The van der Waals surface area contributed by atoms with Gasteiger partial charge in [-0.25, -0.2) is 0 Å². The van der Waals surface area contributed by atoms with Gasteiger partial charge in [-0.2, -0.15) is 0 Å². The minimum Gasteiger partial charge on any atom is -0.472 e. The Kier molecular flexibility index (Phi) is 5.65. The minimum atomic E-state index is -0.283. The monoisotopic (exact) mass is 409 g/mol. The van der Waals surface area contributed by atoms with E-state index in [-0.39, 0.29) is 48.9 Å². The molecule has 0 saturated carbocycles. The third kappa shape index (κ3) is 4.27. The van der Waals surface area contributed by atoms with Crippen molar-refractivity contribution in [2.75, 3.05) is 18.4 Å². The second-order valence-electron chi connectivity index (χ2n) is 7.66. The first-order valence-electron chi connectivity index (χ1n) is 10.1. The molecule has 1 aromatic heterocycles. The smallest absolute Gasteiger partial charge is 0.257 e. The topological polar surface area (TPSA) is 99.9 Å². The maximum atomic E-state index is 12.7. The Morgan fingerprint density at radius 2 is 1.80 bits per heavy atom. The van der Waals surface area contributed by atoms with Crippen LogP contribution in [0.3, 0.4) is 0 Å². The maximum absolute atomic E-state index is 12.7. The van der Waals surface area contributed by atoms with Gasteiger partial charge < -0.3 is 14.6 Å². The molecule has 0 aliphatic carbocycles. The summed E-state index contributed by atoms with van der Waals surface area (Å²) in [5.74, 6) is -0.837. The molecule has 1 aromatic carbocycles. The number of likely N-dealkylation sites (tertiary alicyclic amines) is 2. The molecular weight excluding hydrogens is 386 g/mol. The largest absolute Gasteiger partial charge is 0.472 e. The minimum absolute atomic E-state index is 0.127. The van der Waals surface area contributed by atoms with Crippen molar-refractivity contribution in [1.82, 2.24) is 9.80 Å². The average molecular weight is 409 g/mol. The summed E-state index contributed by atoms with van der Waals surface area (Å²) in [6.45, 7) is 1.24. The highest BCUT2D eigenvalue weighted by Crippen LogP contribution is 2.22. The summed E-state index contributed by atoms with van der Waals surface area (Å²) in [5.41, 5.74) is 1.95. The quantitative estimate of drug-likeness (QED) is 0.765. The zero-order valence-corrected chi connectivity index (χ0v) is 16.5. The molecule has 1 unspecified atom stereocenters. The van der Waals surface area contributed by atoms with Crippen LogP contribution < -0.4 is 5.32 Å². The van der Waals surface area contributed by atoms with Crippen LogP contribution in [0.2, 0.25) is 0 Å². The molecule has 8 nitrogen and oxygen atoms in total. The number of hydrogen-bond acceptors (Lipinski definition) is 5. The lowest BCUT2D eigenvalue weighted by Crippen LogP contribution is -2.43. The van der Waals surface area contributed by atoms with Crippen molar-refractivity contribution in [2.24, 2.45) is 5.92 Å². The Bertz CT molecular complexity index is 936. The molecule has 2 aliphatic rings. The standard InChI is InChI=1S/C22H23N3O5/c26-19-7-8-20(27)25(19)12-15-3-5-18(6-4-15)23-21(28)16-2-1-10-24(13-16)22(29)17-9-11-30-14-17/h3-6,9,11,14,16H,1-2,7-8,10,12-13H2,(H,23,28). The van der Waals surface area contributed by atoms with Gasteiger partial charge in [0.15, 0.2) is 0 Å². The molecule has 4 amide bonds. The number of amides is 4. The van der Waals surface area contributed by atoms with Gasteiger partial charge in [-0.1, -0.05) is 12.1 Å². The highest BCUT2D eigenvalue weighted by Gasteiger charge is 2.30. The van der Waals surface area contributed by atoms with E-state index in [9.17, 15) is 19.2 Å². The number of carbonyl (C=O) groups excluding carboxylic acids is 4. The highest BCUT2D eigenvalue weighted by atomic mass is 16.3. The first kappa shape index (κ1) is 19.9. The number of piperidine rings is 1. The molecule has 2 aliphatic heterocycles. The fourth-order valence-corrected chi connectivity index (χ4v) is 3.86. The van der Waals surface area contributed by atoms with Crippen LogP contribution in [-0.2, 0) is 20.9 Å². The fraction of sp³-hybridized carbons (Fsp3) is 0.364. The van der Waals surface area contributed by atoms with E-state index in [1.165, 1.54) is 17.4 Å². The third-order valence-electron chi connectivity index (χ3n) is 5.56. The first-order chi connectivity index (χ1) is 14.5. The molecule has 8 heteroatoms. The number of anilines is 1. The number of furan rings is 1. The molecule has 4 rings (SSSR count). The van der Waals surface area contributed by atoms with Gasteiger partial charge >= 0.3 is 0 Å². The van der Waals surface area contributed by atoms with E-state index < -0.39 is 0 Å². The third-order valence-corrected chi connectivity index (χ3v) is 5.56. The number of carbonyl (C=O) groups is 4. The van der Waals surface area contributed by atoms with Crippen molar-refractivity contribution in [3.63, 3.8) is 0 Å². The number of imide groups is 1. The predicted molar refractivity (Wildman–Crippen MR) is 107 cm³/mol. The van der Waals surface area contributed by atoms with Crippen LogP contribution in [0.4, 0.5) is 5.69 Å². The molecule has 2 fully saturated rings. The summed E-state index contributed by atoms with van der Waals surface area (Å²) in [6.07, 6.45) is 4.90. The zero-order chi connectivity index (χ0) is 21.1. The maximum Gasteiger partial charge on any atom is 0.257 e. The molecular formula is C22H23N3O5. The second kappa shape index (κ2) is 8.52. The Hall–Kier alpha value is -3.42. The molecule has 0 bridgehead atoms. The van der Waals surface area contributed by atoms with Crippen LogP contribution in [-0.4, -0.2) is 46.5 Å². The zero-order valence-electron chi connectivity index (χ0n) is 16.5. The highest BCUT2D eigenvalue weighted by molar-refractivity contribution is 6.01. The lowest BCUT2D eigenvalue weighted by atomic mass is 9.96. The molecule has 0 radical (unpaired) electrons. The van der Waals surface area contributed by atoms with Crippen LogP contribution in [0.25, 0.3) is 0 Å². The van der Waals surface area contributed by atoms with Gasteiger partial charge in [-0.3, -0.25) is 24.1 Å². The lowest BCUT2D eigenvalue weighted by Gasteiger charge is -2.31. The predicted octanol–water partition coefficient (Wildman–Crippen LogP) is 2.42. The van der Waals surface area contributed by atoms with Crippen molar-refractivity contribution < 1.29 is 23.6 Å². The van der Waals surface area contributed by atoms with Gasteiger partial charge in [0.1, 0.15) is 6.26 Å². The van der Waals surface area contributed by atoms with E-state index in [1.807, 2.05) is 0 Å². The number of rotatable bonds is 5. The van der Waals surface area contributed by atoms with Crippen LogP contribution in [0.5, 0.6) is 0 Å². The van der Waals surface area contributed by atoms with Gasteiger partial charge in [0, 0.05) is 31.6 Å². The van der Waals surface area contributed by atoms with Crippen LogP contribution >= 0.6 is 0 Å². The van der Waals surface area contributed by atoms with Crippen LogP contribution in [0.1, 0.15) is 41.6 Å². The van der Waals surface area contributed by atoms with Crippen molar-refractivity contribution in [3.8, 4) is 0 Å². The van der Waals surface area contributed by atoms with Crippen LogP contribution in [0, 0.1) is 5.92 Å². The van der Waals surface area contributed by atoms with Gasteiger partial charge in [0.25, 0.3) is 5.91 Å². The number of nitrogens with zero attached hydrogens (tertiary/aromatic N) is 2. The second-order valence-corrected chi connectivity index (χ2v) is 7.66. The number of benzene rings is 1. The number of hydrogen-bond donors (Lipinski definition) is 1. The normalized spacial score (nSPS) is 19.3. The van der Waals surface area contributed by atoms with Crippen molar-refractivity contribution >= 4 is 29.3 Å². The average Bonchev–Trinajstić information content (AvgIpc) is 3.41. The SMILES string of the molecule is O=C(Nc1ccc(CN2C(=O)CCC2=O)cc1)C1CCCN(C(=O)c2ccoc2)C1. The van der Waals surface area contributed by atoms with E-state index in [2.05, 4.69) is 5.32 Å². The summed E-state index contributed by atoms with van der Waals surface area (Å²) >= 11 is 0. The van der Waals surface area contributed by atoms with E-state index in [4.69, 9.17) is 4.42 Å². The molecule has 2 aromatic rings. The molecule has 2 saturated heterocycles. The van der Waals surface area contributed by atoms with Crippen LogP contribution in [0.15, 0.2) is 47.3 Å². The number of nitrogens with one attached hydrogen (secondary N) is 1. The molecule has 156 valence electrons. The van der Waals surface area contributed by atoms with Crippen molar-refractivity contribution in [1.29, 1.82) is 0 Å². The Morgan fingerprint density at radius 3 is 2.47 bits per heavy atom. The fourth-order valence-electron chi connectivity index (χ4n) is 3.86. The summed E-state index contributed by atoms with van der Waals surface area (Å²) in [4.78, 5) is 51.6. The Balaban J connectivity index is 1.33. The molecule has 30 heavy (non-hydrogen) atoms. The van der Waals surface area contributed by atoms with Gasteiger partial charge in [-0.15, -0.1) is 0 Å². The summed E-state index contributed by atoms with van der Waals surface area (Å²) < 4.78 is 4.98. The Labute approximate surface area is 173 Å². The summed E-state index contributed by atoms with van der Waals surface area (Å²) in [7, 11) is 0. The Morgan fingerprint density at radius 1 is 1.07 bits per heavy atom. The van der Waals surface area contributed by atoms with E-state index in [1.54, 1.807) is 35.2 Å². The van der Waals surface area contributed by atoms with E-state index >= 15 is 0 Å². The van der Waals surface area contributed by atoms with Crippen molar-refractivity contribution in [3.05, 3.63) is 54.0 Å². The first-order valence-corrected chi connectivity index (χ1v) is 10.1. The summed E-state index contributed by atoms with van der Waals surface area (Å²) in [5, 5.41) is 2.90. The van der Waals surface area contributed by atoms with E-state index in [0.29, 0.717) is 24.3 Å². The lowest BCUT2D eigenvalue weighted by molar-refractivity contribution is -0.139. The van der Waals surface area contributed by atoms with Crippen molar-refractivity contribution in [2.45, 2.75) is 32.2 Å². The van der Waals surface area contributed by atoms with Gasteiger partial charge in [-0.05, 0) is 36.6 Å².